The largest absolute Gasteiger partial charge is 0.457 e. The highest BCUT2D eigenvalue weighted by Crippen LogP contribution is 2.36. The lowest BCUT2D eigenvalue weighted by molar-refractivity contribution is 0.469. The molecule has 2 N–H and O–H groups in total. The Kier molecular flexibility index (Phi) is 4.61. The van der Waals surface area contributed by atoms with E-state index >= 15 is 0 Å². The molecule has 0 saturated carbocycles. The highest BCUT2D eigenvalue weighted by molar-refractivity contribution is 9.10. The van der Waals surface area contributed by atoms with Gasteiger partial charge in [-0.15, -0.1) is 0 Å². The lowest BCUT2D eigenvalue weighted by Crippen LogP contribution is -1.96. The van der Waals surface area contributed by atoms with Crippen LogP contribution >= 0.6 is 27.5 Å². The van der Waals surface area contributed by atoms with Crippen LogP contribution in [0.1, 0.15) is 30.9 Å². The molecule has 2 rings (SSSR count). The average molecular weight is 355 g/mol. The SMILES string of the molecule is Cc1cc(N)c(Cl)cc1Oc1ccc(Br)cc1C(C)C. The predicted octanol–water partition coefficient (Wildman–Crippen LogP) is 5.91. The fourth-order valence-corrected chi connectivity index (χ4v) is 2.51. The van der Waals surface area contributed by atoms with Gasteiger partial charge in [-0.25, -0.2) is 0 Å². The third-order valence-corrected chi connectivity index (χ3v) is 3.93. The molecule has 0 aliphatic rings. The third kappa shape index (κ3) is 3.28. The van der Waals surface area contributed by atoms with E-state index in [4.69, 9.17) is 22.1 Å². The van der Waals surface area contributed by atoms with Crippen molar-refractivity contribution in [1.82, 2.24) is 0 Å². The standard InChI is InChI=1S/C16H17BrClNO/c1-9(2)12-7-11(17)4-5-15(12)20-16-8-13(18)14(19)6-10(16)3/h4-9H,19H2,1-3H3. The summed E-state index contributed by atoms with van der Waals surface area (Å²) in [5, 5.41) is 0.508. The van der Waals surface area contributed by atoms with Crippen LogP contribution in [-0.4, -0.2) is 0 Å². The molecule has 0 saturated heterocycles. The van der Waals surface area contributed by atoms with Crippen LogP contribution in [-0.2, 0) is 0 Å². The number of rotatable bonds is 3. The molecule has 0 aliphatic carbocycles. The van der Waals surface area contributed by atoms with Crippen LogP contribution in [0.15, 0.2) is 34.8 Å². The molecule has 20 heavy (non-hydrogen) atoms. The summed E-state index contributed by atoms with van der Waals surface area (Å²) in [5.74, 6) is 1.94. The van der Waals surface area contributed by atoms with Crippen LogP contribution in [0.5, 0.6) is 11.5 Å². The van der Waals surface area contributed by atoms with E-state index in [0.29, 0.717) is 16.6 Å². The first-order valence-electron chi connectivity index (χ1n) is 6.41. The van der Waals surface area contributed by atoms with Crippen LogP contribution in [0.25, 0.3) is 0 Å². The molecule has 0 atom stereocenters. The lowest BCUT2D eigenvalue weighted by Gasteiger charge is -2.16. The average Bonchev–Trinajstić information content (AvgIpc) is 2.37. The first kappa shape index (κ1) is 15.2. The van der Waals surface area contributed by atoms with Gasteiger partial charge in [0.15, 0.2) is 0 Å². The van der Waals surface area contributed by atoms with Crippen molar-refractivity contribution >= 4 is 33.2 Å². The first-order valence-corrected chi connectivity index (χ1v) is 7.58. The number of nitrogens with two attached hydrogens (primary N) is 1. The summed E-state index contributed by atoms with van der Waals surface area (Å²) in [6, 6.07) is 9.59. The molecule has 0 heterocycles. The van der Waals surface area contributed by atoms with Gasteiger partial charge in [0.1, 0.15) is 11.5 Å². The zero-order valence-corrected chi connectivity index (χ0v) is 14.0. The van der Waals surface area contributed by atoms with Crippen molar-refractivity contribution in [3.63, 3.8) is 0 Å². The molecule has 0 amide bonds. The Morgan fingerprint density at radius 3 is 2.50 bits per heavy atom. The van der Waals surface area contributed by atoms with Crippen LogP contribution in [0, 0.1) is 6.92 Å². The fourth-order valence-electron chi connectivity index (χ4n) is 1.98. The molecule has 4 heteroatoms. The number of hydrogen-bond donors (Lipinski definition) is 1. The lowest BCUT2D eigenvalue weighted by atomic mass is 10.0. The van der Waals surface area contributed by atoms with Crippen molar-refractivity contribution in [3.05, 3.63) is 51.0 Å². The molecule has 2 nitrogen and oxygen atoms in total. The Balaban J connectivity index is 2.42. The zero-order chi connectivity index (χ0) is 14.9. The summed E-state index contributed by atoms with van der Waals surface area (Å²) < 4.78 is 7.07. The topological polar surface area (TPSA) is 35.2 Å². The quantitative estimate of drug-likeness (QED) is 0.695. The van der Waals surface area contributed by atoms with Gasteiger partial charge >= 0.3 is 0 Å². The molecule has 0 radical (unpaired) electrons. The molecule has 0 unspecified atom stereocenters. The summed E-state index contributed by atoms with van der Waals surface area (Å²) >= 11 is 9.56. The van der Waals surface area contributed by atoms with Crippen molar-refractivity contribution in [2.24, 2.45) is 0 Å². The minimum absolute atomic E-state index is 0.368. The third-order valence-electron chi connectivity index (χ3n) is 3.11. The first-order chi connectivity index (χ1) is 9.38. The number of benzene rings is 2. The second-order valence-corrected chi connectivity index (χ2v) is 6.40. The van der Waals surface area contributed by atoms with Crippen molar-refractivity contribution in [2.75, 3.05) is 5.73 Å². The highest BCUT2D eigenvalue weighted by Gasteiger charge is 2.12. The number of ether oxygens (including phenoxy) is 1. The molecule has 0 fully saturated rings. The van der Waals surface area contributed by atoms with Gasteiger partial charge in [0, 0.05) is 10.5 Å². The maximum absolute atomic E-state index is 6.07. The van der Waals surface area contributed by atoms with E-state index in [1.54, 1.807) is 6.07 Å². The van der Waals surface area contributed by atoms with Crippen LogP contribution in [0.3, 0.4) is 0 Å². The molecule has 0 bridgehead atoms. The Morgan fingerprint density at radius 1 is 1.15 bits per heavy atom. The smallest absolute Gasteiger partial charge is 0.131 e. The maximum atomic E-state index is 6.07. The van der Waals surface area contributed by atoms with Gasteiger partial charge in [-0.2, -0.15) is 0 Å². The van der Waals surface area contributed by atoms with Gasteiger partial charge in [0.05, 0.1) is 10.7 Å². The van der Waals surface area contributed by atoms with Crippen LogP contribution in [0.2, 0.25) is 5.02 Å². The monoisotopic (exact) mass is 353 g/mol. The zero-order valence-electron chi connectivity index (χ0n) is 11.7. The number of aryl methyl sites for hydroxylation is 1. The summed E-state index contributed by atoms with van der Waals surface area (Å²) in [6.07, 6.45) is 0. The summed E-state index contributed by atoms with van der Waals surface area (Å²) in [4.78, 5) is 0. The summed E-state index contributed by atoms with van der Waals surface area (Å²) in [5.41, 5.74) is 8.46. The predicted molar refractivity (Wildman–Crippen MR) is 88.9 cm³/mol. The van der Waals surface area contributed by atoms with Crippen molar-refractivity contribution in [3.8, 4) is 11.5 Å². The van der Waals surface area contributed by atoms with E-state index in [9.17, 15) is 0 Å². The van der Waals surface area contributed by atoms with Crippen molar-refractivity contribution in [1.29, 1.82) is 0 Å². The number of nitrogen functional groups attached to an aromatic ring is 1. The number of hydrogen-bond acceptors (Lipinski definition) is 2. The van der Waals surface area contributed by atoms with Gasteiger partial charge in [0.2, 0.25) is 0 Å². The van der Waals surface area contributed by atoms with Gasteiger partial charge in [-0.1, -0.05) is 41.4 Å². The minimum Gasteiger partial charge on any atom is -0.457 e. The second-order valence-electron chi connectivity index (χ2n) is 5.08. The van der Waals surface area contributed by atoms with E-state index < -0.39 is 0 Å². The molecule has 2 aromatic rings. The molecular formula is C16H17BrClNO. The van der Waals surface area contributed by atoms with E-state index in [-0.39, 0.29) is 0 Å². The number of halogens is 2. The van der Waals surface area contributed by atoms with Gasteiger partial charge < -0.3 is 10.5 Å². The molecule has 0 aromatic heterocycles. The molecular weight excluding hydrogens is 338 g/mol. The van der Waals surface area contributed by atoms with Crippen LogP contribution in [0.4, 0.5) is 5.69 Å². The van der Waals surface area contributed by atoms with E-state index in [2.05, 4.69) is 35.8 Å². The highest BCUT2D eigenvalue weighted by atomic mass is 79.9. The summed E-state index contributed by atoms with van der Waals surface area (Å²) in [7, 11) is 0. The molecule has 0 spiro atoms. The van der Waals surface area contributed by atoms with Gasteiger partial charge in [-0.3, -0.25) is 0 Å². The van der Waals surface area contributed by atoms with Gasteiger partial charge in [-0.05, 0) is 48.2 Å². The van der Waals surface area contributed by atoms with E-state index in [0.717, 1.165) is 27.1 Å². The Labute approximate surface area is 133 Å². The van der Waals surface area contributed by atoms with E-state index in [1.807, 2.05) is 25.1 Å². The van der Waals surface area contributed by atoms with Crippen LogP contribution < -0.4 is 10.5 Å². The van der Waals surface area contributed by atoms with E-state index in [1.165, 1.54) is 0 Å². The molecule has 2 aromatic carbocycles. The Bertz CT molecular complexity index is 641. The minimum atomic E-state index is 0.368. The molecule has 0 aliphatic heterocycles. The van der Waals surface area contributed by atoms with Crippen molar-refractivity contribution in [2.45, 2.75) is 26.7 Å². The molecule has 106 valence electrons. The maximum Gasteiger partial charge on any atom is 0.131 e. The second kappa shape index (κ2) is 6.06. The fraction of sp³-hybridized carbons (Fsp3) is 0.250. The summed E-state index contributed by atoms with van der Waals surface area (Å²) in [6.45, 7) is 6.23. The Morgan fingerprint density at radius 2 is 1.85 bits per heavy atom. The number of anilines is 1. The van der Waals surface area contributed by atoms with Crippen molar-refractivity contribution < 1.29 is 4.74 Å². The normalized spacial score (nSPS) is 10.9. The Hall–Kier alpha value is -1.19. The van der Waals surface area contributed by atoms with Gasteiger partial charge in [0.25, 0.3) is 0 Å².